The summed E-state index contributed by atoms with van der Waals surface area (Å²) in [4.78, 5) is 45.2. The molecule has 3 amide bonds. The average Bonchev–Trinajstić information content (AvgIpc) is 3.34. The van der Waals surface area contributed by atoms with Crippen molar-refractivity contribution in [3.8, 4) is 5.75 Å². The molecule has 1 fully saturated rings. The predicted molar refractivity (Wildman–Crippen MR) is 161 cm³/mol. The molecule has 0 radical (unpaired) electrons. The van der Waals surface area contributed by atoms with Crippen LogP contribution in [0.2, 0.25) is 0 Å². The molecule has 2 aliphatic heterocycles. The molecule has 1 atom stereocenters. The Kier molecular flexibility index (Phi) is 7.96. The summed E-state index contributed by atoms with van der Waals surface area (Å²) < 4.78 is 11.9. The molecule has 3 aromatic rings. The fourth-order valence-electron chi connectivity index (χ4n) is 5.84. The number of ether oxygens (including phenoxy) is 2. The van der Waals surface area contributed by atoms with E-state index in [2.05, 4.69) is 21.7 Å². The molecule has 9 nitrogen and oxygen atoms in total. The summed E-state index contributed by atoms with van der Waals surface area (Å²) in [6, 6.07) is 15.2. The number of benzene rings is 2. The Labute approximate surface area is 247 Å². The number of fused-ring (bicyclic) bond motifs is 2. The zero-order valence-corrected chi connectivity index (χ0v) is 25.2. The molecule has 0 saturated carbocycles. The minimum Gasteiger partial charge on any atom is -0.487 e. The highest BCUT2D eigenvalue weighted by Gasteiger charge is 2.42. The number of carbonyl (C=O) groups excluding carboxylic acids is 3. The van der Waals surface area contributed by atoms with Gasteiger partial charge in [-0.15, -0.1) is 0 Å². The van der Waals surface area contributed by atoms with Crippen molar-refractivity contribution < 1.29 is 23.9 Å². The number of likely N-dealkylation sites (tertiary alicyclic amines) is 1. The maximum atomic E-state index is 14.1. The lowest BCUT2D eigenvalue weighted by Gasteiger charge is -2.45. The van der Waals surface area contributed by atoms with Gasteiger partial charge in [-0.25, -0.2) is 4.79 Å². The molecule has 2 aromatic carbocycles. The van der Waals surface area contributed by atoms with E-state index in [0.29, 0.717) is 19.5 Å². The minimum atomic E-state index is -1.31. The van der Waals surface area contributed by atoms with Crippen molar-refractivity contribution in [3.63, 3.8) is 0 Å². The Balaban J connectivity index is 1.31. The maximum absolute atomic E-state index is 14.1. The largest absolute Gasteiger partial charge is 0.487 e. The number of aryl methyl sites for hydroxylation is 1. The Morgan fingerprint density at radius 3 is 2.43 bits per heavy atom. The van der Waals surface area contributed by atoms with Crippen molar-refractivity contribution in [2.45, 2.75) is 89.5 Å². The molecular formula is C33H42N4O5. The lowest BCUT2D eigenvalue weighted by molar-refractivity contribution is -0.140. The number of aromatic nitrogens is 1. The van der Waals surface area contributed by atoms with E-state index in [4.69, 9.17) is 9.47 Å². The molecule has 9 heteroatoms. The number of carbonyl (C=O) groups is 3. The van der Waals surface area contributed by atoms with Gasteiger partial charge >= 0.3 is 6.09 Å². The highest BCUT2D eigenvalue weighted by molar-refractivity contribution is 5.94. The topological polar surface area (TPSA) is 113 Å². The van der Waals surface area contributed by atoms with E-state index in [-0.39, 0.29) is 11.5 Å². The number of piperidine rings is 1. The molecule has 0 aliphatic carbocycles. The highest BCUT2D eigenvalue weighted by Crippen LogP contribution is 2.39. The summed E-state index contributed by atoms with van der Waals surface area (Å²) in [6.45, 7) is 9.56. The number of alkyl carbamates (subject to hydrolysis) is 1. The normalized spacial score (nSPS) is 17.2. The molecule has 1 spiro atoms. The molecule has 1 aromatic heterocycles. The average molecular weight is 575 g/mol. The Morgan fingerprint density at radius 2 is 1.69 bits per heavy atom. The predicted octanol–water partition coefficient (Wildman–Crippen LogP) is 4.88. The van der Waals surface area contributed by atoms with Crippen LogP contribution >= 0.6 is 0 Å². The Hall–Kier alpha value is -4.01. The van der Waals surface area contributed by atoms with Gasteiger partial charge in [0.25, 0.3) is 0 Å². The van der Waals surface area contributed by atoms with Crippen LogP contribution in [0.4, 0.5) is 4.79 Å². The zero-order valence-electron chi connectivity index (χ0n) is 25.2. The van der Waals surface area contributed by atoms with E-state index in [0.717, 1.165) is 47.9 Å². The second-order valence-electron chi connectivity index (χ2n) is 13.1. The molecule has 3 heterocycles. The number of amides is 3. The summed E-state index contributed by atoms with van der Waals surface area (Å²) >= 11 is 0. The molecule has 2 aliphatic rings. The Morgan fingerprint density at radius 1 is 1.00 bits per heavy atom. The number of aromatic amines is 1. The van der Waals surface area contributed by atoms with Crippen LogP contribution in [-0.2, 0) is 27.2 Å². The summed E-state index contributed by atoms with van der Waals surface area (Å²) in [6.07, 6.45) is 4.84. The monoisotopic (exact) mass is 574 g/mol. The molecular weight excluding hydrogens is 532 g/mol. The van der Waals surface area contributed by atoms with Gasteiger partial charge in [-0.05, 0) is 70.7 Å². The van der Waals surface area contributed by atoms with Crippen molar-refractivity contribution in [1.82, 2.24) is 20.5 Å². The van der Waals surface area contributed by atoms with Crippen molar-refractivity contribution in [1.29, 1.82) is 0 Å². The van der Waals surface area contributed by atoms with Gasteiger partial charge in [0.15, 0.2) is 0 Å². The van der Waals surface area contributed by atoms with E-state index in [9.17, 15) is 14.4 Å². The summed E-state index contributed by atoms with van der Waals surface area (Å²) in [5.41, 5.74) is 0.830. The van der Waals surface area contributed by atoms with Crippen LogP contribution in [0, 0.1) is 0 Å². The van der Waals surface area contributed by atoms with Gasteiger partial charge in [0.2, 0.25) is 11.8 Å². The lowest BCUT2D eigenvalue weighted by atomic mass is 9.83. The number of hydrogen-bond acceptors (Lipinski definition) is 5. The molecule has 42 heavy (non-hydrogen) atoms. The first-order valence-electron chi connectivity index (χ1n) is 14.8. The third-order valence-electron chi connectivity index (χ3n) is 8.22. The first kappa shape index (κ1) is 29.5. The number of para-hydroxylation sites is 2. The van der Waals surface area contributed by atoms with Crippen molar-refractivity contribution in [2.75, 3.05) is 13.1 Å². The molecule has 0 bridgehead atoms. The standard InChI is InChI=1S/C33H42N4O5/c1-31(2,3)42-30(40)36-32(4,5)29(39)35-26(20-23-21-34-25-12-8-7-11-24(23)25)28(38)37-18-16-33(17-19-37)15-14-22-10-6-9-13-27(22)41-33/h6-13,21,26,34H,14-20H2,1-5H3,(H,35,39)(H,36,40)/t26-/m1/s1. The molecule has 5 rings (SSSR count). The third kappa shape index (κ3) is 6.55. The quantitative estimate of drug-likeness (QED) is 0.388. The van der Waals surface area contributed by atoms with Crippen molar-refractivity contribution in [3.05, 3.63) is 65.9 Å². The Bertz CT molecular complexity index is 1460. The second kappa shape index (κ2) is 11.3. The van der Waals surface area contributed by atoms with Crippen LogP contribution < -0.4 is 15.4 Å². The molecule has 0 unspecified atom stereocenters. The van der Waals surface area contributed by atoms with Crippen LogP contribution in [0.3, 0.4) is 0 Å². The number of nitrogens with one attached hydrogen (secondary N) is 3. The second-order valence-corrected chi connectivity index (χ2v) is 13.1. The first-order chi connectivity index (χ1) is 19.8. The smallest absolute Gasteiger partial charge is 0.408 e. The van der Waals surface area contributed by atoms with Crippen LogP contribution in [0.1, 0.15) is 65.0 Å². The van der Waals surface area contributed by atoms with Crippen molar-refractivity contribution >= 4 is 28.8 Å². The van der Waals surface area contributed by atoms with Crippen molar-refractivity contribution in [2.24, 2.45) is 0 Å². The van der Waals surface area contributed by atoms with Crippen LogP contribution in [0.15, 0.2) is 54.7 Å². The number of rotatable bonds is 6. The number of nitrogens with zero attached hydrogens (tertiary/aromatic N) is 1. The maximum Gasteiger partial charge on any atom is 0.408 e. The van der Waals surface area contributed by atoms with Crippen LogP contribution in [0.25, 0.3) is 10.9 Å². The van der Waals surface area contributed by atoms with Gasteiger partial charge < -0.3 is 30.0 Å². The van der Waals surface area contributed by atoms with Crippen LogP contribution in [-0.4, -0.2) is 63.7 Å². The zero-order chi connectivity index (χ0) is 30.1. The number of H-pyrrole nitrogens is 1. The molecule has 1 saturated heterocycles. The SMILES string of the molecule is CC(C)(C)OC(=O)NC(C)(C)C(=O)N[C@H](Cc1c[nH]c2ccccc12)C(=O)N1CCC2(CCc3ccccc3O2)CC1. The third-order valence-corrected chi connectivity index (χ3v) is 8.22. The number of hydrogen-bond donors (Lipinski definition) is 3. The first-order valence-corrected chi connectivity index (χ1v) is 14.8. The van der Waals surface area contributed by atoms with E-state index in [1.807, 2.05) is 53.6 Å². The fraction of sp³-hybridized carbons (Fsp3) is 0.485. The van der Waals surface area contributed by atoms with Crippen LogP contribution in [0.5, 0.6) is 5.75 Å². The van der Waals surface area contributed by atoms with Gasteiger partial charge in [-0.2, -0.15) is 0 Å². The van der Waals surface area contributed by atoms with Gasteiger partial charge in [0.05, 0.1) is 0 Å². The summed E-state index contributed by atoms with van der Waals surface area (Å²) in [5.74, 6) is 0.327. The minimum absolute atomic E-state index is 0.146. The lowest BCUT2D eigenvalue weighted by Crippen LogP contribution is -2.61. The highest BCUT2D eigenvalue weighted by atomic mass is 16.6. The summed E-state index contributed by atoms with van der Waals surface area (Å²) in [7, 11) is 0. The van der Waals surface area contributed by atoms with Gasteiger partial charge in [0, 0.05) is 49.5 Å². The molecule has 224 valence electrons. The summed E-state index contributed by atoms with van der Waals surface area (Å²) in [5, 5.41) is 6.62. The van der Waals surface area contributed by atoms with E-state index >= 15 is 0 Å². The van der Waals surface area contributed by atoms with Gasteiger partial charge in [-0.3, -0.25) is 9.59 Å². The van der Waals surface area contributed by atoms with E-state index in [1.165, 1.54) is 5.56 Å². The van der Waals surface area contributed by atoms with E-state index in [1.54, 1.807) is 34.6 Å². The van der Waals surface area contributed by atoms with E-state index < -0.39 is 29.2 Å². The molecule has 3 N–H and O–H groups in total. The van der Waals surface area contributed by atoms with Gasteiger partial charge in [0.1, 0.15) is 28.5 Å². The fourth-order valence-corrected chi connectivity index (χ4v) is 5.84. The van der Waals surface area contributed by atoms with Gasteiger partial charge in [-0.1, -0.05) is 36.4 Å².